The summed E-state index contributed by atoms with van der Waals surface area (Å²) in [7, 11) is 3.64. The average Bonchev–Trinajstić information content (AvgIpc) is 2.35. The second-order valence-corrected chi connectivity index (χ2v) is 5.00. The number of hydrogen-bond donors (Lipinski definition) is 1. The molecule has 0 saturated carbocycles. The Morgan fingerprint density at radius 2 is 2.28 bits per heavy atom. The van der Waals surface area contributed by atoms with Gasteiger partial charge in [0.1, 0.15) is 5.75 Å². The van der Waals surface area contributed by atoms with Crippen molar-refractivity contribution in [2.75, 3.05) is 27.2 Å². The first-order valence-electron chi connectivity index (χ1n) is 5.86. The summed E-state index contributed by atoms with van der Waals surface area (Å²) in [4.78, 5) is 13.7. The van der Waals surface area contributed by atoms with Crippen molar-refractivity contribution in [3.05, 3.63) is 28.7 Å². The zero-order chi connectivity index (χ0) is 13.5. The number of nitrogens with zero attached hydrogens (tertiary/aromatic N) is 1. The maximum atomic E-state index is 12.0. The Labute approximate surface area is 116 Å². The molecule has 18 heavy (non-hydrogen) atoms. The molecule has 0 bridgehead atoms. The van der Waals surface area contributed by atoms with Gasteiger partial charge in [0.05, 0.1) is 0 Å². The largest absolute Gasteiger partial charge is 0.481 e. The molecule has 0 heterocycles. The molecule has 0 saturated heterocycles. The van der Waals surface area contributed by atoms with Gasteiger partial charge < -0.3 is 15.0 Å². The van der Waals surface area contributed by atoms with E-state index in [9.17, 15) is 4.79 Å². The molecule has 1 aromatic carbocycles. The van der Waals surface area contributed by atoms with Gasteiger partial charge in [-0.2, -0.15) is 0 Å². The van der Waals surface area contributed by atoms with Crippen molar-refractivity contribution in [1.29, 1.82) is 0 Å². The third-order valence-electron chi connectivity index (χ3n) is 2.53. The minimum absolute atomic E-state index is 0.0229. The van der Waals surface area contributed by atoms with Gasteiger partial charge in [0.25, 0.3) is 5.91 Å². The van der Waals surface area contributed by atoms with E-state index in [-0.39, 0.29) is 5.91 Å². The second kappa shape index (κ2) is 7.38. The standard InChI is InChI=1S/C13H19BrN2O2/c1-10(13(17)16(3)8-7-15-2)18-12-6-4-5-11(14)9-12/h4-6,9-10,15H,7-8H2,1-3H3. The summed E-state index contributed by atoms with van der Waals surface area (Å²) in [5.74, 6) is 0.664. The third-order valence-corrected chi connectivity index (χ3v) is 3.02. The van der Waals surface area contributed by atoms with Gasteiger partial charge in [0.15, 0.2) is 6.10 Å². The Morgan fingerprint density at radius 1 is 1.56 bits per heavy atom. The molecular weight excluding hydrogens is 296 g/mol. The van der Waals surface area contributed by atoms with Gasteiger partial charge in [0.2, 0.25) is 0 Å². The van der Waals surface area contributed by atoms with Crippen LogP contribution in [0.25, 0.3) is 0 Å². The van der Waals surface area contributed by atoms with E-state index in [0.717, 1.165) is 11.0 Å². The van der Waals surface area contributed by atoms with Gasteiger partial charge in [-0.15, -0.1) is 0 Å². The van der Waals surface area contributed by atoms with Crippen molar-refractivity contribution < 1.29 is 9.53 Å². The maximum Gasteiger partial charge on any atom is 0.263 e. The van der Waals surface area contributed by atoms with Crippen molar-refractivity contribution in [2.24, 2.45) is 0 Å². The molecule has 0 radical (unpaired) electrons. The summed E-state index contributed by atoms with van der Waals surface area (Å²) < 4.78 is 6.55. The number of nitrogens with one attached hydrogen (secondary N) is 1. The first-order valence-corrected chi connectivity index (χ1v) is 6.65. The molecule has 0 spiro atoms. The van der Waals surface area contributed by atoms with Crippen LogP contribution in [-0.4, -0.2) is 44.1 Å². The highest BCUT2D eigenvalue weighted by Crippen LogP contribution is 2.19. The van der Waals surface area contributed by atoms with E-state index in [1.165, 1.54) is 0 Å². The van der Waals surface area contributed by atoms with Crippen LogP contribution in [0.5, 0.6) is 5.75 Å². The third kappa shape index (κ3) is 4.66. The predicted molar refractivity (Wildman–Crippen MR) is 75.8 cm³/mol. The molecule has 4 nitrogen and oxygen atoms in total. The molecule has 1 rings (SSSR count). The number of halogens is 1. The van der Waals surface area contributed by atoms with Crippen molar-refractivity contribution >= 4 is 21.8 Å². The normalized spacial score (nSPS) is 12.0. The van der Waals surface area contributed by atoms with Gasteiger partial charge >= 0.3 is 0 Å². The maximum absolute atomic E-state index is 12.0. The van der Waals surface area contributed by atoms with Gasteiger partial charge in [-0.3, -0.25) is 4.79 Å². The molecule has 0 aromatic heterocycles. The number of ether oxygens (including phenoxy) is 1. The highest BCUT2D eigenvalue weighted by atomic mass is 79.9. The van der Waals surface area contributed by atoms with Gasteiger partial charge in [-0.05, 0) is 32.2 Å². The number of hydrogen-bond acceptors (Lipinski definition) is 3. The number of benzene rings is 1. The van der Waals surface area contributed by atoms with E-state index in [1.54, 1.807) is 18.9 Å². The Hall–Kier alpha value is -1.07. The quantitative estimate of drug-likeness (QED) is 0.872. The van der Waals surface area contributed by atoms with E-state index < -0.39 is 6.10 Å². The zero-order valence-corrected chi connectivity index (χ0v) is 12.5. The van der Waals surface area contributed by atoms with E-state index >= 15 is 0 Å². The van der Waals surface area contributed by atoms with E-state index in [1.807, 2.05) is 31.3 Å². The average molecular weight is 315 g/mol. The van der Waals surface area contributed by atoms with Crippen LogP contribution in [0.1, 0.15) is 6.92 Å². The lowest BCUT2D eigenvalue weighted by Gasteiger charge is -2.22. The molecule has 0 aliphatic heterocycles. The van der Waals surface area contributed by atoms with Gasteiger partial charge in [-0.25, -0.2) is 0 Å². The summed E-state index contributed by atoms with van der Waals surface area (Å²) in [6.45, 7) is 3.20. The number of carbonyl (C=O) groups is 1. The van der Waals surface area contributed by atoms with Crippen LogP contribution in [0.3, 0.4) is 0 Å². The summed E-state index contributed by atoms with van der Waals surface area (Å²) >= 11 is 3.37. The molecule has 0 aliphatic carbocycles. The second-order valence-electron chi connectivity index (χ2n) is 4.08. The number of carbonyl (C=O) groups excluding carboxylic acids is 1. The van der Waals surface area contributed by atoms with Gasteiger partial charge in [-0.1, -0.05) is 22.0 Å². The molecule has 0 aliphatic rings. The molecule has 1 N–H and O–H groups in total. The molecule has 1 unspecified atom stereocenters. The SMILES string of the molecule is CNCCN(C)C(=O)C(C)Oc1cccc(Br)c1. The topological polar surface area (TPSA) is 41.6 Å². The Balaban J connectivity index is 2.54. The highest BCUT2D eigenvalue weighted by molar-refractivity contribution is 9.10. The van der Waals surface area contributed by atoms with Crippen LogP contribution in [-0.2, 0) is 4.79 Å². The number of amides is 1. The molecule has 1 amide bonds. The lowest BCUT2D eigenvalue weighted by molar-refractivity contribution is -0.136. The Bertz CT molecular complexity index is 398. The van der Waals surface area contributed by atoms with Crippen molar-refractivity contribution in [2.45, 2.75) is 13.0 Å². The molecule has 1 atom stereocenters. The summed E-state index contributed by atoms with van der Waals surface area (Å²) in [6, 6.07) is 7.47. The van der Waals surface area contributed by atoms with Gasteiger partial charge in [0, 0.05) is 24.6 Å². The minimum atomic E-state index is -0.485. The van der Waals surface area contributed by atoms with Crippen molar-refractivity contribution in [3.8, 4) is 5.75 Å². The lowest BCUT2D eigenvalue weighted by atomic mass is 10.3. The smallest absolute Gasteiger partial charge is 0.263 e. The molecule has 100 valence electrons. The summed E-state index contributed by atoms with van der Waals surface area (Å²) in [5, 5.41) is 3.01. The van der Waals surface area contributed by atoms with Crippen LogP contribution < -0.4 is 10.1 Å². The molecular formula is C13H19BrN2O2. The first-order chi connectivity index (χ1) is 8.54. The zero-order valence-electron chi connectivity index (χ0n) is 10.9. The van der Waals surface area contributed by atoms with E-state index in [4.69, 9.17) is 4.74 Å². The highest BCUT2D eigenvalue weighted by Gasteiger charge is 2.18. The summed E-state index contributed by atoms with van der Waals surface area (Å²) in [6.07, 6.45) is -0.485. The number of rotatable bonds is 6. The predicted octanol–water partition coefficient (Wildman–Crippen LogP) is 1.89. The first kappa shape index (κ1) is 15.0. The van der Waals surface area contributed by atoms with Crippen LogP contribution in [0.4, 0.5) is 0 Å². The molecule has 1 aromatic rings. The van der Waals surface area contributed by atoms with Crippen molar-refractivity contribution in [3.63, 3.8) is 0 Å². The number of likely N-dealkylation sites (N-methyl/N-ethyl adjacent to an activating group) is 2. The monoisotopic (exact) mass is 314 g/mol. The Morgan fingerprint density at radius 3 is 2.89 bits per heavy atom. The van der Waals surface area contributed by atoms with E-state index in [0.29, 0.717) is 12.3 Å². The Kier molecular flexibility index (Phi) is 6.15. The van der Waals surface area contributed by atoms with Crippen LogP contribution >= 0.6 is 15.9 Å². The van der Waals surface area contributed by atoms with Crippen molar-refractivity contribution in [1.82, 2.24) is 10.2 Å². The molecule has 0 fully saturated rings. The minimum Gasteiger partial charge on any atom is -0.481 e. The lowest BCUT2D eigenvalue weighted by Crippen LogP contribution is -2.40. The fourth-order valence-corrected chi connectivity index (χ4v) is 1.87. The van der Waals surface area contributed by atoms with Crippen LogP contribution in [0.2, 0.25) is 0 Å². The van der Waals surface area contributed by atoms with E-state index in [2.05, 4.69) is 21.2 Å². The fourth-order valence-electron chi connectivity index (χ4n) is 1.49. The molecule has 5 heteroatoms. The fraction of sp³-hybridized carbons (Fsp3) is 0.462. The summed E-state index contributed by atoms with van der Waals surface area (Å²) in [5.41, 5.74) is 0. The van der Waals surface area contributed by atoms with Crippen LogP contribution in [0, 0.1) is 0 Å². The van der Waals surface area contributed by atoms with Crippen LogP contribution in [0.15, 0.2) is 28.7 Å².